The molecule has 0 radical (unpaired) electrons. The SMILES string of the molecule is BC(P)c1nn(-c2ccc(C(C)=O)cc2)cc1NC(=C)c1coc(C(/C=C\C)=C/C=C)n1. The summed E-state index contributed by atoms with van der Waals surface area (Å²) >= 11 is 0. The summed E-state index contributed by atoms with van der Waals surface area (Å²) in [6, 6.07) is 7.34. The minimum atomic E-state index is 0.0300. The Bertz CT molecular complexity index is 1200. The topological polar surface area (TPSA) is 73.0 Å². The lowest BCUT2D eigenvalue weighted by molar-refractivity contribution is 0.101. The lowest BCUT2D eigenvalue weighted by Gasteiger charge is -2.08. The molecule has 0 bridgehead atoms. The van der Waals surface area contributed by atoms with Crippen molar-refractivity contribution >= 4 is 39.8 Å². The van der Waals surface area contributed by atoms with Gasteiger partial charge in [-0.2, -0.15) is 5.10 Å². The van der Waals surface area contributed by atoms with Crippen molar-refractivity contribution in [3.63, 3.8) is 0 Å². The van der Waals surface area contributed by atoms with Crippen LogP contribution in [0.25, 0.3) is 17.0 Å². The summed E-state index contributed by atoms with van der Waals surface area (Å²) in [6.07, 6.45) is 10.8. The van der Waals surface area contributed by atoms with Crippen LogP contribution in [0.3, 0.4) is 0 Å². The Morgan fingerprint density at radius 3 is 2.66 bits per heavy atom. The zero-order valence-electron chi connectivity index (χ0n) is 18.5. The fraction of sp³-hybridized carbons (Fsp3) is 0.125. The monoisotopic (exact) mass is 444 g/mol. The van der Waals surface area contributed by atoms with Crippen molar-refractivity contribution in [3.8, 4) is 5.69 Å². The van der Waals surface area contributed by atoms with Gasteiger partial charge in [0, 0.05) is 11.1 Å². The van der Waals surface area contributed by atoms with Gasteiger partial charge in [0.1, 0.15) is 19.8 Å². The molecule has 0 spiro atoms. The number of aromatic nitrogens is 3. The Labute approximate surface area is 191 Å². The largest absolute Gasteiger partial charge is 0.444 e. The van der Waals surface area contributed by atoms with Crippen molar-refractivity contribution in [1.82, 2.24) is 14.8 Å². The average molecular weight is 444 g/mol. The van der Waals surface area contributed by atoms with Gasteiger partial charge in [-0.25, -0.2) is 9.67 Å². The van der Waals surface area contributed by atoms with E-state index in [0.717, 1.165) is 22.6 Å². The minimum Gasteiger partial charge on any atom is -0.444 e. The van der Waals surface area contributed by atoms with Crippen LogP contribution < -0.4 is 5.32 Å². The van der Waals surface area contributed by atoms with Crippen LogP contribution in [0.15, 0.2) is 78.6 Å². The molecular formula is C24H26BN4O2P. The molecule has 2 atom stereocenters. The summed E-state index contributed by atoms with van der Waals surface area (Å²) in [5.74, 6) is 0.518. The first kappa shape index (κ1) is 23.2. The number of hydrogen-bond acceptors (Lipinski definition) is 5. The van der Waals surface area contributed by atoms with Crippen LogP contribution in [-0.4, -0.2) is 28.4 Å². The average Bonchev–Trinajstić information content (AvgIpc) is 3.41. The van der Waals surface area contributed by atoms with Gasteiger partial charge in [0.2, 0.25) is 5.89 Å². The van der Waals surface area contributed by atoms with E-state index in [9.17, 15) is 4.79 Å². The van der Waals surface area contributed by atoms with Crippen LogP contribution in [0.2, 0.25) is 0 Å². The number of nitrogens with zero attached hydrogens (tertiary/aromatic N) is 3. The quantitative estimate of drug-likeness (QED) is 0.222. The van der Waals surface area contributed by atoms with Gasteiger partial charge < -0.3 is 9.73 Å². The second-order valence-electron chi connectivity index (χ2n) is 7.26. The Morgan fingerprint density at radius 2 is 2.06 bits per heavy atom. The highest BCUT2D eigenvalue weighted by Crippen LogP contribution is 2.30. The van der Waals surface area contributed by atoms with E-state index in [1.54, 1.807) is 36.1 Å². The summed E-state index contributed by atoms with van der Waals surface area (Å²) in [7, 11) is 4.80. The van der Waals surface area contributed by atoms with Crippen molar-refractivity contribution < 1.29 is 9.21 Å². The van der Waals surface area contributed by atoms with Gasteiger partial charge in [-0.05, 0) is 43.7 Å². The van der Waals surface area contributed by atoms with Crippen LogP contribution >= 0.6 is 9.24 Å². The molecule has 32 heavy (non-hydrogen) atoms. The molecule has 0 aliphatic carbocycles. The van der Waals surface area contributed by atoms with Crippen molar-refractivity contribution in [2.75, 3.05) is 5.32 Å². The number of allylic oxidation sites excluding steroid dienone is 5. The van der Waals surface area contributed by atoms with E-state index in [1.807, 2.05) is 51.3 Å². The third kappa shape index (κ3) is 5.24. The molecule has 1 aromatic carbocycles. The number of anilines is 1. The first-order chi connectivity index (χ1) is 15.3. The van der Waals surface area contributed by atoms with E-state index in [2.05, 4.69) is 32.7 Å². The maximum Gasteiger partial charge on any atom is 0.226 e. The molecule has 0 saturated carbocycles. The summed E-state index contributed by atoms with van der Waals surface area (Å²) < 4.78 is 7.42. The zero-order valence-corrected chi connectivity index (χ0v) is 19.7. The molecule has 0 saturated heterocycles. The van der Waals surface area contributed by atoms with Crippen LogP contribution in [0.4, 0.5) is 5.69 Å². The molecule has 0 aliphatic rings. The summed E-state index contributed by atoms with van der Waals surface area (Å²) in [4.78, 5) is 16.1. The molecule has 0 fully saturated rings. The minimum absolute atomic E-state index is 0.0300. The smallest absolute Gasteiger partial charge is 0.226 e. The van der Waals surface area contributed by atoms with E-state index in [0.29, 0.717) is 22.8 Å². The molecule has 8 heteroatoms. The van der Waals surface area contributed by atoms with Gasteiger partial charge in [0.25, 0.3) is 0 Å². The highest BCUT2D eigenvalue weighted by atomic mass is 31.0. The third-order valence-electron chi connectivity index (χ3n) is 4.70. The highest BCUT2D eigenvalue weighted by molar-refractivity contribution is 7.20. The number of hydrogen-bond donors (Lipinski definition) is 1. The van der Waals surface area contributed by atoms with Gasteiger partial charge in [0.15, 0.2) is 5.78 Å². The molecule has 3 aromatic rings. The molecule has 162 valence electrons. The fourth-order valence-electron chi connectivity index (χ4n) is 3.08. The van der Waals surface area contributed by atoms with Crippen molar-refractivity contribution in [2.45, 2.75) is 19.4 Å². The first-order valence-corrected chi connectivity index (χ1v) is 10.8. The van der Waals surface area contributed by atoms with E-state index >= 15 is 0 Å². The van der Waals surface area contributed by atoms with Gasteiger partial charge in [-0.3, -0.25) is 4.79 Å². The van der Waals surface area contributed by atoms with Crippen LogP contribution in [-0.2, 0) is 0 Å². The second-order valence-corrected chi connectivity index (χ2v) is 8.26. The number of rotatable bonds is 9. The normalized spacial score (nSPS) is 12.7. The lowest BCUT2D eigenvalue weighted by atomic mass is 10.00. The lowest BCUT2D eigenvalue weighted by Crippen LogP contribution is -2.01. The highest BCUT2D eigenvalue weighted by Gasteiger charge is 2.16. The van der Waals surface area contributed by atoms with Gasteiger partial charge in [-0.15, -0.1) is 9.24 Å². The van der Waals surface area contributed by atoms with Crippen molar-refractivity contribution in [3.05, 3.63) is 97.0 Å². The summed E-state index contributed by atoms with van der Waals surface area (Å²) in [5, 5.41) is 8.04. The van der Waals surface area contributed by atoms with Crippen molar-refractivity contribution in [2.24, 2.45) is 0 Å². The Balaban J connectivity index is 1.87. The van der Waals surface area contributed by atoms with E-state index in [4.69, 9.17) is 9.52 Å². The number of Topliss-reactive ketones (excluding diaryl/α,β-unsaturated/α-hetero) is 1. The molecule has 0 aliphatic heterocycles. The number of oxazole rings is 1. The summed E-state index contributed by atoms with van der Waals surface area (Å²) in [5.41, 5.74) is 5.31. The number of carbonyl (C=O) groups is 1. The van der Waals surface area contributed by atoms with Crippen molar-refractivity contribution in [1.29, 1.82) is 0 Å². The molecule has 6 nitrogen and oxygen atoms in total. The Morgan fingerprint density at radius 1 is 1.34 bits per heavy atom. The van der Waals surface area contributed by atoms with Crippen LogP contribution in [0.5, 0.6) is 0 Å². The number of benzene rings is 1. The Hall–Kier alpha value is -3.44. The maximum absolute atomic E-state index is 11.5. The van der Waals surface area contributed by atoms with E-state index in [1.165, 1.54) is 0 Å². The van der Waals surface area contributed by atoms with Gasteiger partial charge in [0.05, 0.1) is 29.0 Å². The fourth-order valence-corrected chi connectivity index (χ4v) is 3.32. The van der Waals surface area contributed by atoms with Gasteiger partial charge >= 0.3 is 0 Å². The predicted octanol–water partition coefficient (Wildman–Crippen LogP) is 4.80. The van der Waals surface area contributed by atoms with E-state index in [-0.39, 0.29) is 11.3 Å². The van der Waals surface area contributed by atoms with E-state index < -0.39 is 0 Å². The molecule has 2 aromatic heterocycles. The first-order valence-electron chi connectivity index (χ1n) is 10.2. The zero-order chi connectivity index (χ0) is 23.3. The predicted molar refractivity (Wildman–Crippen MR) is 137 cm³/mol. The maximum atomic E-state index is 11.5. The number of ketones is 1. The second kappa shape index (κ2) is 10.2. The van der Waals surface area contributed by atoms with Crippen LogP contribution in [0, 0.1) is 0 Å². The Kier molecular flexibility index (Phi) is 7.44. The molecule has 2 unspecified atom stereocenters. The number of carbonyl (C=O) groups excluding carboxylic acids is 1. The third-order valence-corrected chi connectivity index (χ3v) is 5.02. The standard InChI is InChI=1S/C24H26BN4O2P/c1-5-7-18(8-6-2)24-27-21(14-31-24)15(3)26-20-13-29(28-22(20)23(25)32)19-11-9-17(10-12-19)16(4)30/h5-14,23,26H,1,3,25,32H2,2,4H3/b8-6-,18-7+. The molecule has 1 N–H and O–H groups in total. The molecule has 2 heterocycles. The molecular weight excluding hydrogens is 418 g/mol. The van der Waals surface area contributed by atoms with Gasteiger partial charge in [-0.1, -0.05) is 37.5 Å². The molecule has 0 amide bonds. The van der Waals surface area contributed by atoms with Crippen LogP contribution in [0.1, 0.15) is 47.0 Å². The number of nitrogens with one attached hydrogen (secondary N) is 1. The summed E-state index contributed by atoms with van der Waals surface area (Å²) in [6.45, 7) is 11.3. The molecule has 3 rings (SSSR count).